The van der Waals surface area contributed by atoms with Gasteiger partial charge in [-0.25, -0.2) is 4.98 Å². The summed E-state index contributed by atoms with van der Waals surface area (Å²) in [4.78, 5) is 7.70. The lowest BCUT2D eigenvalue weighted by atomic mass is 9.73. The molecule has 1 aromatic heterocycles. The van der Waals surface area contributed by atoms with Crippen LogP contribution in [0.3, 0.4) is 0 Å². The predicted octanol–water partition coefficient (Wildman–Crippen LogP) is 3.41. The number of aromatic nitrogens is 2. The maximum absolute atomic E-state index is 4.91. The van der Waals surface area contributed by atoms with Crippen LogP contribution in [0.25, 0.3) is 11.0 Å². The molecule has 2 aliphatic carbocycles. The van der Waals surface area contributed by atoms with Crippen LogP contribution in [-0.4, -0.2) is 39.6 Å². The number of rotatable bonds is 5. The zero-order valence-electron chi connectivity index (χ0n) is 15.3. The lowest BCUT2D eigenvalue weighted by Gasteiger charge is -2.48. The molecule has 3 fully saturated rings. The first-order valence-corrected chi connectivity index (χ1v) is 10.2. The molecule has 2 saturated carbocycles. The first-order valence-electron chi connectivity index (χ1n) is 10.2. The molecule has 2 bridgehead atoms. The molecule has 4 heteroatoms. The van der Waals surface area contributed by atoms with E-state index in [-0.39, 0.29) is 0 Å². The van der Waals surface area contributed by atoms with Crippen LogP contribution in [0.2, 0.25) is 0 Å². The minimum absolute atomic E-state index is 0.689. The van der Waals surface area contributed by atoms with Gasteiger partial charge in [0.2, 0.25) is 0 Å². The first kappa shape index (κ1) is 15.8. The summed E-state index contributed by atoms with van der Waals surface area (Å²) in [7, 11) is 0. The molecule has 3 aliphatic rings. The van der Waals surface area contributed by atoms with Gasteiger partial charge in [-0.3, -0.25) is 4.90 Å². The average molecular weight is 338 g/mol. The SMILES string of the molecule is CCn1c(CNC2C3CCCC2CN(C2CC2)C3)nc2ccccc21. The highest BCUT2D eigenvalue weighted by Crippen LogP contribution is 2.39. The lowest BCUT2D eigenvalue weighted by molar-refractivity contribution is 0.0409. The fourth-order valence-electron chi connectivity index (χ4n) is 5.37. The van der Waals surface area contributed by atoms with Crippen molar-refractivity contribution in [2.75, 3.05) is 13.1 Å². The second-order valence-electron chi connectivity index (χ2n) is 8.30. The average Bonchev–Trinajstić information content (AvgIpc) is 3.40. The second kappa shape index (κ2) is 6.40. The molecule has 4 nitrogen and oxygen atoms in total. The van der Waals surface area contributed by atoms with Crippen molar-refractivity contribution in [1.29, 1.82) is 0 Å². The van der Waals surface area contributed by atoms with Crippen molar-refractivity contribution in [3.8, 4) is 0 Å². The van der Waals surface area contributed by atoms with Crippen molar-refractivity contribution in [3.05, 3.63) is 30.1 Å². The highest BCUT2D eigenvalue weighted by molar-refractivity contribution is 5.75. The maximum atomic E-state index is 4.91. The van der Waals surface area contributed by atoms with E-state index in [9.17, 15) is 0 Å². The molecule has 1 N–H and O–H groups in total. The van der Waals surface area contributed by atoms with Crippen molar-refractivity contribution in [3.63, 3.8) is 0 Å². The summed E-state index contributed by atoms with van der Waals surface area (Å²) in [6.45, 7) is 6.76. The van der Waals surface area contributed by atoms with Crippen molar-refractivity contribution in [1.82, 2.24) is 19.8 Å². The number of nitrogens with zero attached hydrogens (tertiary/aromatic N) is 3. The van der Waals surface area contributed by atoms with Crippen molar-refractivity contribution in [2.45, 2.75) is 64.2 Å². The van der Waals surface area contributed by atoms with Crippen molar-refractivity contribution in [2.24, 2.45) is 11.8 Å². The molecule has 2 atom stereocenters. The number of fused-ring (bicyclic) bond motifs is 3. The van der Waals surface area contributed by atoms with Gasteiger partial charge >= 0.3 is 0 Å². The van der Waals surface area contributed by atoms with E-state index in [1.54, 1.807) is 0 Å². The molecular formula is C21H30N4. The van der Waals surface area contributed by atoms with Gasteiger partial charge < -0.3 is 9.88 Å². The van der Waals surface area contributed by atoms with Gasteiger partial charge in [0.1, 0.15) is 5.82 Å². The summed E-state index contributed by atoms with van der Waals surface area (Å²) in [5.74, 6) is 2.88. The van der Waals surface area contributed by atoms with Crippen LogP contribution >= 0.6 is 0 Å². The third-order valence-corrected chi connectivity index (χ3v) is 6.71. The van der Waals surface area contributed by atoms with E-state index in [2.05, 4.69) is 46.0 Å². The van der Waals surface area contributed by atoms with Crippen LogP contribution in [0.4, 0.5) is 0 Å². The molecule has 2 heterocycles. The Morgan fingerprint density at radius 3 is 2.56 bits per heavy atom. The molecule has 0 spiro atoms. The fraction of sp³-hybridized carbons (Fsp3) is 0.667. The quantitative estimate of drug-likeness (QED) is 0.907. The Bertz CT molecular complexity index is 733. The van der Waals surface area contributed by atoms with Crippen LogP contribution in [0.5, 0.6) is 0 Å². The van der Waals surface area contributed by atoms with E-state index >= 15 is 0 Å². The number of hydrogen-bond donors (Lipinski definition) is 1. The Kier molecular flexibility index (Phi) is 4.05. The molecule has 0 radical (unpaired) electrons. The zero-order chi connectivity index (χ0) is 16.8. The van der Waals surface area contributed by atoms with Gasteiger partial charge in [0.05, 0.1) is 17.6 Å². The van der Waals surface area contributed by atoms with Crippen molar-refractivity contribution >= 4 is 11.0 Å². The van der Waals surface area contributed by atoms with Crippen LogP contribution < -0.4 is 5.32 Å². The third-order valence-electron chi connectivity index (χ3n) is 6.71. The predicted molar refractivity (Wildman–Crippen MR) is 101 cm³/mol. The van der Waals surface area contributed by atoms with Gasteiger partial charge in [-0.15, -0.1) is 0 Å². The van der Waals surface area contributed by atoms with Crippen LogP contribution in [0.15, 0.2) is 24.3 Å². The Morgan fingerprint density at radius 2 is 1.84 bits per heavy atom. The van der Waals surface area contributed by atoms with Gasteiger partial charge in [0.15, 0.2) is 0 Å². The minimum atomic E-state index is 0.689. The number of hydrogen-bond acceptors (Lipinski definition) is 3. The monoisotopic (exact) mass is 338 g/mol. The van der Waals surface area contributed by atoms with E-state index in [4.69, 9.17) is 4.98 Å². The normalized spacial score (nSPS) is 30.0. The number of imidazole rings is 1. The highest BCUT2D eigenvalue weighted by Gasteiger charge is 2.43. The molecule has 1 saturated heterocycles. The first-order chi connectivity index (χ1) is 12.3. The fourth-order valence-corrected chi connectivity index (χ4v) is 5.37. The molecular weight excluding hydrogens is 308 g/mol. The van der Waals surface area contributed by atoms with Gasteiger partial charge in [-0.05, 0) is 56.6 Å². The minimum Gasteiger partial charge on any atom is -0.327 e. The standard InChI is InChI=1S/C21H30N4/c1-2-25-19-9-4-3-8-18(19)23-20(25)12-22-21-15-6-5-7-16(21)14-24(13-15)17-10-11-17/h3-4,8-9,15-17,21-22H,2,5-7,10-14H2,1H3. The van der Waals surface area contributed by atoms with E-state index in [1.807, 2.05) is 0 Å². The number of para-hydroxylation sites is 2. The molecule has 134 valence electrons. The number of piperidine rings is 1. The number of likely N-dealkylation sites (tertiary alicyclic amines) is 1. The topological polar surface area (TPSA) is 33.1 Å². The maximum Gasteiger partial charge on any atom is 0.123 e. The summed E-state index contributed by atoms with van der Waals surface area (Å²) in [6.07, 6.45) is 7.12. The zero-order valence-corrected chi connectivity index (χ0v) is 15.3. The van der Waals surface area contributed by atoms with Crippen LogP contribution in [0.1, 0.15) is 44.9 Å². The highest BCUT2D eigenvalue weighted by atomic mass is 15.2. The number of benzene rings is 1. The molecule has 1 aliphatic heterocycles. The molecule has 5 rings (SSSR count). The largest absolute Gasteiger partial charge is 0.327 e. The Labute approximate surface area is 150 Å². The Hall–Kier alpha value is -1.39. The van der Waals surface area contributed by atoms with E-state index in [0.717, 1.165) is 36.5 Å². The van der Waals surface area contributed by atoms with Crippen molar-refractivity contribution < 1.29 is 0 Å². The van der Waals surface area contributed by atoms with Gasteiger partial charge in [0.25, 0.3) is 0 Å². The van der Waals surface area contributed by atoms with E-state index in [1.165, 1.54) is 56.5 Å². The van der Waals surface area contributed by atoms with Crippen LogP contribution in [-0.2, 0) is 13.1 Å². The van der Waals surface area contributed by atoms with Gasteiger partial charge in [0, 0.05) is 31.7 Å². The van der Waals surface area contributed by atoms with Gasteiger partial charge in [-0.2, -0.15) is 0 Å². The second-order valence-corrected chi connectivity index (χ2v) is 8.30. The molecule has 2 aromatic rings. The van der Waals surface area contributed by atoms with E-state index in [0.29, 0.717) is 6.04 Å². The molecule has 0 amide bonds. The lowest BCUT2D eigenvalue weighted by Crippen LogP contribution is -2.57. The number of nitrogens with one attached hydrogen (secondary N) is 1. The number of aryl methyl sites for hydroxylation is 1. The Morgan fingerprint density at radius 1 is 1.08 bits per heavy atom. The van der Waals surface area contributed by atoms with E-state index < -0.39 is 0 Å². The summed E-state index contributed by atoms with van der Waals surface area (Å²) >= 11 is 0. The summed E-state index contributed by atoms with van der Waals surface area (Å²) < 4.78 is 2.37. The molecule has 1 aromatic carbocycles. The summed E-state index contributed by atoms with van der Waals surface area (Å²) in [5.41, 5.74) is 2.40. The summed E-state index contributed by atoms with van der Waals surface area (Å²) in [6, 6.07) is 10.1. The van der Waals surface area contributed by atoms with Gasteiger partial charge in [-0.1, -0.05) is 18.6 Å². The molecule has 2 unspecified atom stereocenters. The third kappa shape index (κ3) is 2.89. The van der Waals surface area contributed by atoms with Crippen LogP contribution in [0, 0.1) is 11.8 Å². The summed E-state index contributed by atoms with van der Waals surface area (Å²) in [5, 5.41) is 3.95. The Balaban J connectivity index is 1.32. The molecule has 25 heavy (non-hydrogen) atoms. The smallest absolute Gasteiger partial charge is 0.123 e.